The highest BCUT2D eigenvalue weighted by Crippen LogP contribution is 2.43. The molecule has 2 N–H and O–H groups in total. The standard InChI is InChI=1S/C12H19BrFN3O/c1-18-6-5-17-11(10(13)8-16-17)12(14)4-2-3-9(15)7-12/h8-9H,2-7,15H2,1H3. The highest BCUT2D eigenvalue weighted by Gasteiger charge is 2.41. The van der Waals surface area contributed by atoms with Crippen LogP contribution < -0.4 is 5.73 Å². The summed E-state index contributed by atoms with van der Waals surface area (Å²) in [5.74, 6) is 0. The fraction of sp³-hybridized carbons (Fsp3) is 0.750. The Hall–Kier alpha value is -0.460. The zero-order valence-corrected chi connectivity index (χ0v) is 12.1. The van der Waals surface area contributed by atoms with Crippen LogP contribution in [0.3, 0.4) is 0 Å². The van der Waals surface area contributed by atoms with Crippen LogP contribution in [-0.2, 0) is 17.0 Å². The molecular weight excluding hydrogens is 301 g/mol. The maximum atomic E-state index is 15.1. The van der Waals surface area contributed by atoms with Crippen molar-refractivity contribution >= 4 is 15.9 Å². The summed E-state index contributed by atoms with van der Waals surface area (Å²) in [5.41, 5.74) is 5.14. The third kappa shape index (κ3) is 2.75. The number of methoxy groups -OCH3 is 1. The molecule has 4 nitrogen and oxygen atoms in total. The van der Waals surface area contributed by atoms with Crippen molar-refractivity contribution in [3.05, 3.63) is 16.4 Å². The minimum Gasteiger partial charge on any atom is -0.383 e. The van der Waals surface area contributed by atoms with Gasteiger partial charge >= 0.3 is 0 Å². The van der Waals surface area contributed by atoms with Gasteiger partial charge in [-0.3, -0.25) is 4.68 Å². The van der Waals surface area contributed by atoms with Crippen LogP contribution in [0.15, 0.2) is 10.7 Å². The van der Waals surface area contributed by atoms with E-state index in [4.69, 9.17) is 10.5 Å². The average Bonchev–Trinajstić information content (AvgIpc) is 2.68. The van der Waals surface area contributed by atoms with E-state index < -0.39 is 5.67 Å². The number of hydrogen-bond acceptors (Lipinski definition) is 3. The molecule has 0 saturated heterocycles. The molecule has 18 heavy (non-hydrogen) atoms. The largest absolute Gasteiger partial charge is 0.383 e. The monoisotopic (exact) mass is 319 g/mol. The maximum absolute atomic E-state index is 15.1. The van der Waals surface area contributed by atoms with Gasteiger partial charge < -0.3 is 10.5 Å². The first kappa shape index (κ1) is 14.0. The van der Waals surface area contributed by atoms with E-state index >= 15 is 4.39 Å². The molecule has 1 aromatic rings. The number of ether oxygens (including phenoxy) is 1. The first-order chi connectivity index (χ1) is 8.57. The highest BCUT2D eigenvalue weighted by molar-refractivity contribution is 9.10. The van der Waals surface area contributed by atoms with E-state index in [-0.39, 0.29) is 6.04 Å². The molecule has 1 fully saturated rings. The Morgan fingerprint density at radius 3 is 3.17 bits per heavy atom. The molecule has 2 unspecified atom stereocenters. The molecular formula is C12H19BrFN3O. The van der Waals surface area contributed by atoms with E-state index in [1.54, 1.807) is 18.0 Å². The number of nitrogens with two attached hydrogens (primary N) is 1. The second-order valence-electron chi connectivity index (χ2n) is 4.88. The molecule has 0 bridgehead atoms. The SMILES string of the molecule is COCCn1ncc(Br)c1C1(F)CCCC(N)C1. The van der Waals surface area contributed by atoms with Gasteiger partial charge in [0.1, 0.15) is 0 Å². The third-order valence-electron chi connectivity index (χ3n) is 3.46. The second-order valence-corrected chi connectivity index (χ2v) is 5.73. The second kappa shape index (κ2) is 5.67. The van der Waals surface area contributed by atoms with Crippen LogP contribution in [0.4, 0.5) is 4.39 Å². The van der Waals surface area contributed by atoms with Crippen LogP contribution in [0.25, 0.3) is 0 Å². The lowest BCUT2D eigenvalue weighted by atomic mass is 9.81. The van der Waals surface area contributed by atoms with Crippen LogP contribution >= 0.6 is 15.9 Å². The molecule has 0 aromatic carbocycles. The molecule has 0 aliphatic heterocycles. The Morgan fingerprint density at radius 2 is 2.50 bits per heavy atom. The Bertz CT molecular complexity index is 412. The molecule has 1 aromatic heterocycles. The Labute approximate surface area is 115 Å². The number of nitrogens with zero attached hydrogens (tertiary/aromatic N) is 2. The van der Waals surface area contributed by atoms with Gasteiger partial charge in [-0.1, -0.05) is 0 Å². The summed E-state index contributed by atoms with van der Waals surface area (Å²) in [6.07, 6.45) is 4.24. The van der Waals surface area contributed by atoms with Gasteiger partial charge in [0, 0.05) is 19.6 Å². The van der Waals surface area contributed by atoms with E-state index in [2.05, 4.69) is 21.0 Å². The van der Waals surface area contributed by atoms with Crippen LogP contribution in [0.5, 0.6) is 0 Å². The van der Waals surface area contributed by atoms with E-state index in [0.29, 0.717) is 31.7 Å². The van der Waals surface area contributed by atoms with Crippen molar-refractivity contribution in [2.24, 2.45) is 5.73 Å². The third-order valence-corrected chi connectivity index (χ3v) is 4.04. The molecule has 1 heterocycles. The van der Waals surface area contributed by atoms with Crippen LogP contribution in [-0.4, -0.2) is 29.5 Å². The zero-order valence-electron chi connectivity index (χ0n) is 10.5. The van der Waals surface area contributed by atoms with Gasteiger partial charge in [0.2, 0.25) is 0 Å². The molecule has 1 aliphatic rings. The fourth-order valence-corrected chi connectivity index (χ4v) is 3.29. The minimum absolute atomic E-state index is 0.0681. The lowest BCUT2D eigenvalue weighted by molar-refractivity contribution is 0.0802. The highest BCUT2D eigenvalue weighted by atomic mass is 79.9. The molecule has 0 spiro atoms. The van der Waals surface area contributed by atoms with Crippen molar-refractivity contribution in [1.82, 2.24) is 9.78 Å². The first-order valence-corrected chi connectivity index (χ1v) is 7.01. The molecule has 6 heteroatoms. The van der Waals surface area contributed by atoms with Crippen LogP contribution in [0.2, 0.25) is 0 Å². The molecule has 0 radical (unpaired) electrons. The Morgan fingerprint density at radius 1 is 1.72 bits per heavy atom. The summed E-state index contributed by atoms with van der Waals surface area (Å²) in [7, 11) is 1.62. The normalized spacial score (nSPS) is 28.6. The van der Waals surface area contributed by atoms with Crippen molar-refractivity contribution in [2.45, 2.75) is 43.9 Å². The maximum Gasteiger partial charge on any atom is 0.155 e. The lowest BCUT2D eigenvalue weighted by Gasteiger charge is -2.33. The van der Waals surface area contributed by atoms with Gasteiger partial charge in [0.15, 0.2) is 5.67 Å². The summed E-state index contributed by atoms with van der Waals surface area (Å²) in [6, 6.07) is -0.0681. The minimum atomic E-state index is -1.37. The number of halogens is 2. The smallest absolute Gasteiger partial charge is 0.155 e. The number of aromatic nitrogens is 2. The number of rotatable bonds is 4. The topological polar surface area (TPSA) is 53.1 Å². The Balaban J connectivity index is 2.27. The summed E-state index contributed by atoms with van der Waals surface area (Å²) < 4.78 is 22.6. The van der Waals surface area contributed by atoms with Gasteiger partial charge in [-0.25, -0.2) is 4.39 Å². The lowest BCUT2D eigenvalue weighted by Crippen LogP contribution is -2.38. The quantitative estimate of drug-likeness (QED) is 0.926. The van der Waals surface area contributed by atoms with Crippen LogP contribution in [0.1, 0.15) is 31.4 Å². The van der Waals surface area contributed by atoms with E-state index in [1.807, 2.05) is 0 Å². The van der Waals surface area contributed by atoms with Gasteiger partial charge in [-0.05, 0) is 35.2 Å². The number of alkyl halides is 1. The van der Waals surface area contributed by atoms with E-state index in [1.165, 1.54) is 0 Å². The van der Waals surface area contributed by atoms with Gasteiger partial charge in [0.25, 0.3) is 0 Å². The molecule has 102 valence electrons. The van der Waals surface area contributed by atoms with Crippen molar-refractivity contribution in [3.63, 3.8) is 0 Å². The first-order valence-electron chi connectivity index (χ1n) is 6.22. The molecule has 1 saturated carbocycles. The number of hydrogen-bond donors (Lipinski definition) is 1. The molecule has 0 amide bonds. The van der Waals surface area contributed by atoms with E-state index in [9.17, 15) is 0 Å². The molecule has 2 rings (SSSR count). The Kier molecular flexibility index (Phi) is 4.40. The fourth-order valence-electron chi connectivity index (χ4n) is 2.63. The van der Waals surface area contributed by atoms with E-state index in [0.717, 1.165) is 17.3 Å². The van der Waals surface area contributed by atoms with Crippen molar-refractivity contribution < 1.29 is 9.13 Å². The van der Waals surface area contributed by atoms with Gasteiger partial charge in [-0.2, -0.15) is 5.10 Å². The molecule has 2 atom stereocenters. The summed E-state index contributed by atoms with van der Waals surface area (Å²) in [5, 5.41) is 4.21. The average molecular weight is 320 g/mol. The van der Waals surface area contributed by atoms with Crippen molar-refractivity contribution in [1.29, 1.82) is 0 Å². The predicted octanol–water partition coefficient (Wildman–Crippen LogP) is 2.36. The van der Waals surface area contributed by atoms with Gasteiger partial charge in [0.05, 0.1) is 29.5 Å². The van der Waals surface area contributed by atoms with Crippen molar-refractivity contribution in [3.8, 4) is 0 Å². The van der Waals surface area contributed by atoms with Crippen molar-refractivity contribution in [2.75, 3.05) is 13.7 Å². The summed E-state index contributed by atoms with van der Waals surface area (Å²) in [4.78, 5) is 0. The zero-order chi connectivity index (χ0) is 13.2. The molecule has 1 aliphatic carbocycles. The van der Waals surface area contributed by atoms with Crippen LogP contribution in [0, 0.1) is 0 Å². The predicted molar refractivity (Wildman–Crippen MR) is 71.0 cm³/mol. The summed E-state index contributed by atoms with van der Waals surface area (Å²) >= 11 is 3.39. The van der Waals surface area contributed by atoms with Gasteiger partial charge in [-0.15, -0.1) is 0 Å². The summed E-state index contributed by atoms with van der Waals surface area (Å²) in [6.45, 7) is 1.07.